The largest absolute Gasteiger partial charge is 0.353 e. The molecule has 0 aliphatic heterocycles. The fourth-order valence-electron chi connectivity index (χ4n) is 2.45. The van der Waals surface area contributed by atoms with Crippen molar-refractivity contribution in [1.29, 1.82) is 0 Å². The molecule has 0 aliphatic rings. The van der Waals surface area contributed by atoms with Gasteiger partial charge in [-0.25, -0.2) is 4.98 Å². The van der Waals surface area contributed by atoms with E-state index >= 15 is 0 Å². The van der Waals surface area contributed by atoms with E-state index in [1.54, 1.807) is 0 Å². The summed E-state index contributed by atoms with van der Waals surface area (Å²) in [6.45, 7) is 3.87. The van der Waals surface area contributed by atoms with Gasteiger partial charge in [-0.1, -0.05) is 72.4 Å². The first-order valence-electron chi connectivity index (χ1n) is 8.41. The van der Waals surface area contributed by atoms with Crippen molar-refractivity contribution in [3.05, 3.63) is 60.7 Å². The highest BCUT2D eigenvalue weighted by molar-refractivity contribution is 7.99. The van der Waals surface area contributed by atoms with E-state index in [0.29, 0.717) is 5.16 Å². The minimum absolute atomic E-state index is 0.0398. The normalized spacial score (nSPS) is 10.7. The van der Waals surface area contributed by atoms with Crippen LogP contribution >= 0.6 is 11.8 Å². The third-order valence-electron chi connectivity index (χ3n) is 3.54. The Hall–Kier alpha value is -2.73. The van der Waals surface area contributed by atoms with Crippen LogP contribution < -0.4 is 5.32 Å². The molecule has 0 unspecified atom stereocenters. The summed E-state index contributed by atoms with van der Waals surface area (Å²) in [5.74, 6) is 0.223. The monoisotopic (exact) mass is 364 g/mol. The fourth-order valence-corrected chi connectivity index (χ4v) is 3.05. The molecule has 0 saturated heterocycles. The minimum Gasteiger partial charge on any atom is -0.353 e. The molecule has 1 N–H and O–H groups in total. The van der Waals surface area contributed by atoms with Gasteiger partial charge in [-0.05, 0) is 13.8 Å². The van der Waals surface area contributed by atoms with Crippen LogP contribution in [0.1, 0.15) is 13.8 Å². The summed E-state index contributed by atoms with van der Waals surface area (Å²) < 4.78 is 0. The number of nitrogens with zero attached hydrogens (tertiary/aromatic N) is 3. The molecular weight excluding hydrogens is 344 g/mol. The van der Waals surface area contributed by atoms with Crippen molar-refractivity contribution in [1.82, 2.24) is 20.5 Å². The van der Waals surface area contributed by atoms with Gasteiger partial charge < -0.3 is 5.32 Å². The lowest BCUT2D eigenvalue weighted by molar-refractivity contribution is -0.119. The topological polar surface area (TPSA) is 67.8 Å². The summed E-state index contributed by atoms with van der Waals surface area (Å²) in [4.78, 5) is 16.5. The van der Waals surface area contributed by atoms with Crippen molar-refractivity contribution < 1.29 is 4.79 Å². The third kappa shape index (κ3) is 4.67. The summed E-state index contributed by atoms with van der Waals surface area (Å²) in [6.07, 6.45) is 0. The lowest BCUT2D eigenvalue weighted by atomic mass is 10.0. The minimum atomic E-state index is -0.0398. The first kappa shape index (κ1) is 18.1. The molecule has 0 atom stereocenters. The van der Waals surface area contributed by atoms with Gasteiger partial charge in [0.1, 0.15) is 11.4 Å². The van der Waals surface area contributed by atoms with Crippen LogP contribution in [0.25, 0.3) is 22.5 Å². The molecule has 3 aromatic rings. The van der Waals surface area contributed by atoms with Crippen molar-refractivity contribution in [3.63, 3.8) is 0 Å². The molecule has 132 valence electrons. The number of carbonyl (C=O) groups is 1. The smallest absolute Gasteiger partial charge is 0.230 e. The second-order valence-corrected chi connectivity index (χ2v) is 6.98. The molecule has 2 aromatic carbocycles. The molecule has 0 radical (unpaired) electrons. The van der Waals surface area contributed by atoms with E-state index in [2.05, 4.69) is 20.5 Å². The Morgan fingerprint density at radius 3 is 2.08 bits per heavy atom. The Bertz CT molecular complexity index is 869. The Balaban J connectivity index is 1.91. The molecule has 5 nitrogen and oxygen atoms in total. The molecular formula is C20H20N4OS. The summed E-state index contributed by atoms with van der Waals surface area (Å²) in [6, 6.07) is 19.9. The first-order valence-corrected chi connectivity index (χ1v) is 9.40. The predicted molar refractivity (Wildman–Crippen MR) is 105 cm³/mol. The van der Waals surface area contributed by atoms with Crippen LogP contribution in [0.5, 0.6) is 0 Å². The maximum atomic E-state index is 11.9. The van der Waals surface area contributed by atoms with Gasteiger partial charge in [0, 0.05) is 17.2 Å². The zero-order chi connectivity index (χ0) is 18.4. The van der Waals surface area contributed by atoms with Gasteiger partial charge in [-0.2, -0.15) is 0 Å². The third-order valence-corrected chi connectivity index (χ3v) is 4.38. The zero-order valence-corrected chi connectivity index (χ0v) is 15.5. The van der Waals surface area contributed by atoms with Gasteiger partial charge in [-0.3, -0.25) is 4.79 Å². The first-order chi connectivity index (χ1) is 12.6. The number of hydrogen-bond donors (Lipinski definition) is 1. The number of rotatable bonds is 6. The van der Waals surface area contributed by atoms with E-state index < -0.39 is 0 Å². The molecule has 6 heteroatoms. The Morgan fingerprint density at radius 2 is 1.50 bits per heavy atom. The Kier molecular flexibility index (Phi) is 5.96. The van der Waals surface area contributed by atoms with E-state index in [9.17, 15) is 4.79 Å². The van der Waals surface area contributed by atoms with E-state index in [1.807, 2.05) is 74.5 Å². The van der Waals surface area contributed by atoms with E-state index in [4.69, 9.17) is 0 Å². The predicted octanol–water partition coefficient (Wildman–Crippen LogP) is 3.82. The van der Waals surface area contributed by atoms with Crippen molar-refractivity contribution in [2.75, 3.05) is 5.75 Å². The van der Waals surface area contributed by atoms with Gasteiger partial charge in [0.05, 0.1) is 5.75 Å². The fraction of sp³-hybridized carbons (Fsp3) is 0.200. The van der Waals surface area contributed by atoms with Crippen LogP contribution in [-0.4, -0.2) is 32.9 Å². The molecule has 26 heavy (non-hydrogen) atoms. The van der Waals surface area contributed by atoms with Crippen LogP contribution in [0.3, 0.4) is 0 Å². The molecule has 0 fully saturated rings. The number of benzene rings is 2. The zero-order valence-electron chi connectivity index (χ0n) is 14.7. The van der Waals surface area contributed by atoms with Gasteiger partial charge in [0.15, 0.2) is 0 Å². The van der Waals surface area contributed by atoms with Crippen LogP contribution in [0.15, 0.2) is 65.8 Å². The van der Waals surface area contributed by atoms with Gasteiger partial charge in [0.2, 0.25) is 11.1 Å². The SMILES string of the molecule is CC(C)NC(=O)CSc1nnc(-c2ccccc2)c(-c2ccccc2)n1. The molecule has 0 saturated carbocycles. The number of thioether (sulfide) groups is 1. The summed E-state index contributed by atoms with van der Waals surface area (Å²) >= 11 is 1.29. The molecule has 1 heterocycles. The van der Waals surface area contributed by atoms with Crippen LogP contribution in [0.2, 0.25) is 0 Å². The van der Waals surface area contributed by atoms with Crippen molar-refractivity contribution in [3.8, 4) is 22.5 Å². The number of aromatic nitrogens is 3. The number of hydrogen-bond acceptors (Lipinski definition) is 5. The van der Waals surface area contributed by atoms with E-state index in [0.717, 1.165) is 22.5 Å². The van der Waals surface area contributed by atoms with Crippen LogP contribution in [0.4, 0.5) is 0 Å². The Morgan fingerprint density at radius 1 is 0.923 bits per heavy atom. The Labute approximate surface area is 157 Å². The molecule has 0 bridgehead atoms. The standard InChI is InChI=1S/C20H20N4OS/c1-14(2)21-17(25)13-26-20-22-18(15-9-5-3-6-10-15)19(23-24-20)16-11-7-4-8-12-16/h3-12,14H,13H2,1-2H3,(H,21,25). The molecule has 0 aliphatic carbocycles. The van der Waals surface area contributed by atoms with Crippen molar-refractivity contribution in [2.45, 2.75) is 25.0 Å². The summed E-state index contributed by atoms with van der Waals surface area (Å²) in [7, 11) is 0. The molecule has 3 rings (SSSR count). The van der Waals surface area contributed by atoms with Gasteiger partial charge in [-0.15, -0.1) is 10.2 Å². The maximum absolute atomic E-state index is 11.9. The summed E-state index contributed by atoms with van der Waals surface area (Å²) in [5.41, 5.74) is 3.42. The second kappa shape index (κ2) is 8.58. The highest BCUT2D eigenvalue weighted by Gasteiger charge is 2.14. The van der Waals surface area contributed by atoms with Crippen LogP contribution in [-0.2, 0) is 4.79 Å². The van der Waals surface area contributed by atoms with Gasteiger partial charge in [0.25, 0.3) is 0 Å². The number of amides is 1. The average molecular weight is 364 g/mol. The lowest BCUT2D eigenvalue weighted by Gasteiger charge is -2.10. The average Bonchev–Trinajstić information content (AvgIpc) is 2.67. The van der Waals surface area contributed by atoms with E-state index in [-0.39, 0.29) is 17.7 Å². The maximum Gasteiger partial charge on any atom is 0.230 e. The van der Waals surface area contributed by atoms with Crippen molar-refractivity contribution in [2.24, 2.45) is 0 Å². The molecule has 1 amide bonds. The molecule has 0 spiro atoms. The second-order valence-electron chi connectivity index (χ2n) is 6.03. The number of carbonyl (C=O) groups excluding carboxylic acids is 1. The number of nitrogens with one attached hydrogen (secondary N) is 1. The lowest BCUT2D eigenvalue weighted by Crippen LogP contribution is -2.31. The van der Waals surface area contributed by atoms with Crippen LogP contribution in [0, 0.1) is 0 Å². The van der Waals surface area contributed by atoms with E-state index in [1.165, 1.54) is 11.8 Å². The molecule has 1 aromatic heterocycles. The highest BCUT2D eigenvalue weighted by Crippen LogP contribution is 2.29. The van der Waals surface area contributed by atoms with Crippen molar-refractivity contribution >= 4 is 17.7 Å². The van der Waals surface area contributed by atoms with Gasteiger partial charge >= 0.3 is 0 Å². The quantitative estimate of drug-likeness (QED) is 0.674. The summed E-state index contributed by atoms with van der Waals surface area (Å²) in [5, 5.41) is 12.0. The highest BCUT2D eigenvalue weighted by atomic mass is 32.2.